The first-order valence-electron chi connectivity index (χ1n) is 12.1. The van der Waals surface area contributed by atoms with Crippen molar-refractivity contribution >= 4 is 10.1 Å². The molecule has 0 bridgehead atoms. The second-order valence-electron chi connectivity index (χ2n) is 8.65. The van der Waals surface area contributed by atoms with Gasteiger partial charge in [0.05, 0.1) is 0 Å². The minimum absolute atomic E-state index is 0.386. The summed E-state index contributed by atoms with van der Waals surface area (Å²) in [7, 11) is -4.04. The Bertz CT molecular complexity index is 670. The summed E-state index contributed by atoms with van der Waals surface area (Å²) >= 11 is 0. The molecule has 0 aliphatic rings. The van der Waals surface area contributed by atoms with Crippen LogP contribution in [0, 0.1) is 0 Å². The molecule has 30 heavy (non-hydrogen) atoms. The van der Waals surface area contributed by atoms with Gasteiger partial charge in [-0.1, -0.05) is 90.2 Å². The molecule has 5 heteroatoms. The molecule has 1 N–H and O–H groups in total. The van der Waals surface area contributed by atoms with Crippen LogP contribution in [0.1, 0.15) is 109 Å². The summed E-state index contributed by atoms with van der Waals surface area (Å²) in [5.74, 6) is 0.370. The van der Waals surface area contributed by atoms with E-state index in [1.807, 2.05) is 6.07 Å². The maximum atomic E-state index is 11.2. The molecule has 1 atom stereocenters. The van der Waals surface area contributed by atoms with Gasteiger partial charge in [0, 0.05) is 0 Å². The first-order valence-corrected chi connectivity index (χ1v) is 13.7. The molecule has 1 aromatic carbocycles. The lowest BCUT2D eigenvalue weighted by Gasteiger charge is -2.18. The quantitative estimate of drug-likeness (QED) is 0.194. The van der Waals surface area contributed by atoms with E-state index < -0.39 is 16.2 Å². The number of unbranched alkanes of at least 4 members (excludes halogenated alkanes) is 10. The van der Waals surface area contributed by atoms with Crippen molar-refractivity contribution in [2.45, 2.75) is 117 Å². The number of hydrogen-bond donors (Lipinski definition) is 1. The zero-order valence-corrected chi connectivity index (χ0v) is 20.3. The molecule has 174 valence electrons. The minimum Gasteiger partial charge on any atom is -0.489 e. The molecule has 0 amide bonds. The van der Waals surface area contributed by atoms with Crippen molar-refractivity contribution in [3.05, 3.63) is 29.3 Å². The largest absolute Gasteiger partial charge is 0.489 e. The van der Waals surface area contributed by atoms with Crippen LogP contribution in [0.3, 0.4) is 0 Å². The molecule has 1 unspecified atom stereocenters. The highest BCUT2D eigenvalue weighted by Crippen LogP contribution is 2.25. The fourth-order valence-corrected chi connectivity index (χ4v) is 4.51. The molecule has 0 fully saturated rings. The summed E-state index contributed by atoms with van der Waals surface area (Å²) < 4.78 is 37.3. The van der Waals surface area contributed by atoms with Gasteiger partial charge in [-0.2, -0.15) is 8.42 Å². The Morgan fingerprint density at radius 2 is 1.37 bits per heavy atom. The maximum absolute atomic E-state index is 11.2. The van der Waals surface area contributed by atoms with Gasteiger partial charge >= 0.3 is 0 Å². The third-order valence-corrected chi connectivity index (χ3v) is 6.41. The standard InChI is InChI=1S/C25H44O4S/c1-4-6-8-10-12-14-16-23-18-19-25(29-22(3)21-30(26,27)28)24(20-23)17-15-13-11-9-7-5-2/h18-20,22H,4-17,21H2,1-3H3,(H,26,27,28). The highest BCUT2D eigenvalue weighted by atomic mass is 32.2. The topological polar surface area (TPSA) is 63.6 Å². The van der Waals surface area contributed by atoms with Gasteiger partial charge in [0.1, 0.15) is 17.6 Å². The molecule has 1 aromatic rings. The first-order chi connectivity index (χ1) is 14.4. The van der Waals surface area contributed by atoms with Gasteiger partial charge in [0.25, 0.3) is 10.1 Å². The Hall–Kier alpha value is -1.07. The van der Waals surface area contributed by atoms with Crippen molar-refractivity contribution in [3.8, 4) is 5.75 Å². The summed E-state index contributed by atoms with van der Waals surface area (Å²) in [5, 5.41) is 0. The second-order valence-corrected chi connectivity index (χ2v) is 10.2. The first kappa shape index (κ1) is 27.0. The predicted molar refractivity (Wildman–Crippen MR) is 127 cm³/mol. The summed E-state index contributed by atoms with van der Waals surface area (Å²) in [6.45, 7) is 6.16. The predicted octanol–water partition coefficient (Wildman–Crippen LogP) is 7.15. The second kappa shape index (κ2) is 15.7. The van der Waals surface area contributed by atoms with Gasteiger partial charge in [-0.3, -0.25) is 4.55 Å². The molecular formula is C25H44O4S. The Balaban J connectivity index is 2.67. The molecule has 0 aliphatic carbocycles. The zero-order chi connectivity index (χ0) is 22.2. The normalized spacial score (nSPS) is 12.8. The van der Waals surface area contributed by atoms with Crippen molar-refractivity contribution in [1.82, 2.24) is 0 Å². The van der Waals surface area contributed by atoms with E-state index in [4.69, 9.17) is 9.29 Å². The highest BCUT2D eigenvalue weighted by molar-refractivity contribution is 7.85. The van der Waals surface area contributed by atoms with Crippen molar-refractivity contribution in [2.75, 3.05) is 5.75 Å². The number of aryl methyl sites for hydroxylation is 2. The minimum atomic E-state index is -4.04. The van der Waals surface area contributed by atoms with Crippen molar-refractivity contribution < 1.29 is 17.7 Å². The van der Waals surface area contributed by atoms with E-state index in [-0.39, 0.29) is 5.75 Å². The van der Waals surface area contributed by atoms with Crippen LogP contribution in [0.5, 0.6) is 5.75 Å². The van der Waals surface area contributed by atoms with Gasteiger partial charge in [0.2, 0.25) is 0 Å². The van der Waals surface area contributed by atoms with Crippen LogP contribution >= 0.6 is 0 Å². The molecule has 0 aromatic heterocycles. The lowest BCUT2D eigenvalue weighted by atomic mass is 9.99. The lowest BCUT2D eigenvalue weighted by Crippen LogP contribution is -2.23. The summed E-state index contributed by atoms with van der Waals surface area (Å²) in [5.41, 5.74) is 2.50. The summed E-state index contributed by atoms with van der Waals surface area (Å²) in [4.78, 5) is 0. The van der Waals surface area contributed by atoms with Gasteiger partial charge < -0.3 is 4.74 Å². The summed E-state index contributed by atoms with van der Waals surface area (Å²) in [6.07, 6.45) is 16.6. The lowest BCUT2D eigenvalue weighted by molar-refractivity contribution is 0.238. The Kier molecular flexibility index (Phi) is 14.1. The molecule has 0 spiro atoms. The molecule has 4 nitrogen and oxygen atoms in total. The average molecular weight is 441 g/mol. The molecule has 0 saturated heterocycles. The average Bonchev–Trinajstić information content (AvgIpc) is 2.67. The SMILES string of the molecule is CCCCCCCCc1ccc(OC(C)CS(=O)(=O)O)c(CCCCCCCC)c1. The van der Waals surface area contributed by atoms with Gasteiger partial charge in [-0.05, 0) is 49.8 Å². The van der Waals surface area contributed by atoms with E-state index in [0.717, 1.165) is 30.6 Å². The molecule has 0 radical (unpaired) electrons. The van der Waals surface area contributed by atoms with Gasteiger partial charge in [0.15, 0.2) is 0 Å². The van der Waals surface area contributed by atoms with E-state index >= 15 is 0 Å². The highest BCUT2D eigenvalue weighted by Gasteiger charge is 2.16. The smallest absolute Gasteiger partial charge is 0.268 e. The Labute approximate surface area is 185 Å². The molecule has 0 heterocycles. The van der Waals surface area contributed by atoms with E-state index in [0.29, 0.717) is 0 Å². The van der Waals surface area contributed by atoms with E-state index in [1.54, 1.807) is 6.92 Å². The fraction of sp³-hybridized carbons (Fsp3) is 0.760. The van der Waals surface area contributed by atoms with Crippen LogP contribution in [0.4, 0.5) is 0 Å². The maximum Gasteiger partial charge on any atom is 0.268 e. The number of benzene rings is 1. The third-order valence-electron chi connectivity index (χ3n) is 5.52. The van der Waals surface area contributed by atoms with E-state index in [2.05, 4.69) is 26.0 Å². The van der Waals surface area contributed by atoms with Crippen LogP contribution in [0.2, 0.25) is 0 Å². The van der Waals surface area contributed by atoms with Crippen molar-refractivity contribution in [3.63, 3.8) is 0 Å². The summed E-state index contributed by atoms with van der Waals surface area (Å²) in [6, 6.07) is 6.33. The van der Waals surface area contributed by atoms with Crippen molar-refractivity contribution in [1.29, 1.82) is 0 Å². The van der Waals surface area contributed by atoms with Gasteiger partial charge in [-0.15, -0.1) is 0 Å². The Morgan fingerprint density at radius 3 is 1.93 bits per heavy atom. The van der Waals surface area contributed by atoms with E-state index in [9.17, 15) is 8.42 Å². The molecule has 1 rings (SSSR count). The molecular weight excluding hydrogens is 396 g/mol. The zero-order valence-electron chi connectivity index (χ0n) is 19.5. The molecule has 0 saturated carbocycles. The van der Waals surface area contributed by atoms with Crippen LogP contribution in [-0.4, -0.2) is 24.8 Å². The van der Waals surface area contributed by atoms with Crippen LogP contribution in [0.25, 0.3) is 0 Å². The number of ether oxygens (including phenoxy) is 1. The monoisotopic (exact) mass is 440 g/mol. The molecule has 0 aliphatic heterocycles. The van der Waals surface area contributed by atoms with Crippen LogP contribution in [0.15, 0.2) is 18.2 Å². The van der Waals surface area contributed by atoms with Crippen LogP contribution < -0.4 is 4.74 Å². The van der Waals surface area contributed by atoms with Crippen LogP contribution in [-0.2, 0) is 23.0 Å². The van der Waals surface area contributed by atoms with E-state index in [1.165, 1.54) is 76.2 Å². The number of rotatable bonds is 18. The Morgan fingerprint density at radius 1 is 0.833 bits per heavy atom. The van der Waals surface area contributed by atoms with Gasteiger partial charge in [-0.25, -0.2) is 0 Å². The van der Waals surface area contributed by atoms with Crippen molar-refractivity contribution in [2.24, 2.45) is 0 Å². The number of hydrogen-bond acceptors (Lipinski definition) is 3. The third kappa shape index (κ3) is 13.3. The fourth-order valence-electron chi connectivity index (χ4n) is 3.85.